The van der Waals surface area contributed by atoms with Crippen molar-refractivity contribution in [3.8, 4) is 0 Å². The Kier molecular flexibility index (Phi) is 5.58. The maximum atomic E-state index is 12.9. The van der Waals surface area contributed by atoms with E-state index in [9.17, 15) is 4.79 Å². The number of benzene rings is 2. The quantitative estimate of drug-likeness (QED) is 0.664. The van der Waals surface area contributed by atoms with Crippen molar-refractivity contribution in [2.24, 2.45) is 10.1 Å². The molecule has 1 amide bonds. The molecule has 5 nitrogen and oxygen atoms in total. The van der Waals surface area contributed by atoms with Crippen molar-refractivity contribution in [1.29, 1.82) is 0 Å². The summed E-state index contributed by atoms with van der Waals surface area (Å²) in [6, 6.07) is 12.6. The Morgan fingerprint density at radius 2 is 1.79 bits per heavy atom. The van der Waals surface area contributed by atoms with Crippen LogP contribution in [-0.2, 0) is 4.79 Å². The van der Waals surface area contributed by atoms with E-state index < -0.39 is 0 Å². The molecule has 4 rings (SSSR count). The minimum absolute atomic E-state index is 0.130. The molecule has 0 aromatic heterocycles. The fourth-order valence-electron chi connectivity index (χ4n) is 3.34. The number of hydrazone groups is 1. The lowest BCUT2D eigenvalue weighted by Gasteiger charge is -2.25. The highest BCUT2D eigenvalue weighted by molar-refractivity contribution is 6.41. The summed E-state index contributed by atoms with van der Waals surface area (Å²) < 4.78 is 0. The van der Waals surface area contributed by atoms with E-state index in [1.807, 2.05) is 30.3 Å². The van der Waals surface area contributed by atoms with Crippen molar-refractivity contribution >= 4 is 58.4 Å². The Balaban J connectivity index is 1.71. The summed E-state index contributed by atoms with van der Waals surface area (Å²) in [5.41, 5.74) is 2.16. The van der Waals surface area contributed by atoms with Gasteiger partial charge in [0.1, 0.15) is 5.71 Å². The maximum absolute atomic E-state index is 12.9. The molecule has 2 aromatic rings. The van der Waals surface area contributed by atoms with E-state index >= 15 is 0 Å². The monoisotopic (exact) mass is 434 g/mol. The predicted octanol–water partition coefficient (Wildman–Crippen LogP) is 5.21. The van der Waals surface area contributed by atoms with E-state index in [-0.39, 0.29) is 11.9 Å². The summed E-state index contributed by atoms with van der Waals surface area (Å²) in [5.74, 6) is -0.130. The number of carbonyl (C=O) groups is 1. The maximum Gasteiger partial charge on any atom is 0.275 e. The Morgan fingerprint density at radius 3 is 2.46 bits per heavy atom. The molecule has 8 heteroatoms. The van der Waals surface area contributed by atoms with Crippen LogP contribution in [0.2, 0.25) is 15.1 Å². The number of nitrogens with zero attached hydrogens (tertiary/aromatic N) is 4. The van der Waals surface area contributed by atoms with Gasteiger partial charge in [0.25, 0.3) is 5.91 Å². The molecule has 2 heterocycles. The third kappa shape index (κ3) is 3.88. The molecule has 0 aliphatic carbocycles. The van der Waals surface area contributed by atoms with E-state index in [0.717, 1.165) is 18.5 Å². The van der Waals surface area contributed by atoms with Gasteiger partial charge in [0, 0.05) is 29.6 Å². The second kappa shape index (κ2) is 8.11. The van der Waals surface area contributed by atoms with E-state index in [1.54, 1.807) is 28.4 Å². The number of carbonyl (C=O) groups excluding carboxylic acids is 1. The van der Waals surface area contributed by atoms with Gasteiger partial charge in [-0.1, -0.05) is 46.9 Å². The van der Waals surface area contributed by atoms with Crippen LogP contribution in [0.25, 0.3) is 0 Å². The molecule has 0 saturated heterocycles. The molecule has 2 aromatic carbocycles. The standard InChI is InChI=1S/C20H17Cl3N4O/c21-14-4-2-13(3-5-14)19-11-17(20(28)26-9-1-8-24-12-26)25-27(19)18-7-6-15(22)10-16(18)23/h2-7,10,12,19H,1,8-9,11H2. The molecule has 0 fully saturated rings. The zero-order valence-electron chi connectivity index (χ0n) is 14.9. The van der Waals surface area contributed by atoms with Gasteiger partial charge in [-0.15, -0.1) is 0 Å². The van der Waals surface area contributed by atoms with Crippen molar-refractivity contribution in [2.45, 2.75) is 18.9 Å². The van der Waals surface area contributed by atoms with Crippen LogP contribution in [0.1, 0.15) is 24.4 Å². The van der Waals surface area contributed by atoms with Crippen molar-refractivity contribution in [3.05, 3.63) is 63.1 Å². The average Bonchev–Trinajstić information content (AvgIpc) is 3.13. The van der Waals surface area contributed by atoms with Crippen LogP contribution in [0, 0.1) is 0 Å². The molecule has 2 aliphatic rings. The lowest BCUT2D eigenvalue weighted by Crippen LogP contribution is -2.38. The zero-order valence-corrected chi connectivity index (χ0v) is 17.1. The third-order valence-corrected chi connectivity index (χ3v) is 5.53. The van der Waals surface area contributed by atoms with Crippen molar-refractivity contribution in [2.75, 3.05) is 18.1 Å². The largest absolute Gasteiger partial charge is 0.298 e. The molecule has 2 aliphatic heterocycles. The summed E-state index contributed by atoms with van der Waals surface area (Å²) in [5, 5.41) is 8.10. The Bertz CT molecular complexity index is 958. The number of hydrogen-bond acceptors (Lipinski definition) is 4. The fraction of sp³-hybridized carbons (Fsp3) is 0.250. The number of aliphatic imine (C=N–C) groups is 1. The van der Waals surface area contributed by atoms with E-state index in [4.69, 9.17) is 34.8 Å². The number of hydrogen-bond donors (Lipinski definition) is 0. The summed E-state index contributed by atoms with van der Waals surface area (Å²) in [6.45, 7) is 1.39. The Labute approximate surface area is 178 Å². The SMILES string of the molecule is O=C(C1=NN(c2ccc(Cl)cc2Cl)C(c2ccc(Cl)cc2)C1)N1C=NCCC1. The van der Waals surface area contributed by atoms with Gasteiger partial charge in [-0.3, -0.25) is 19.7 Å². The van der Waals surface area contributed by atoms with Crippen LogP contribution in [0.5, 0.6) is 0 Å². The van der Waals surface area contributed by atoms with Gasteiger partial charge in [0.15, 0.2) is 0 Å². The summed E-state index contributed by atoms with van der Waals surface area (Å²) in [7, 11) is 0. The summed E-state index contributed by atoms with van der Waals surface area (Å²) in [6.07, 6.45) is 2.91. The predicted molar refractivity (Wildman–Crippen MR) is 115 cm³/mol. The molecule has 144 valence electrons. The number of anilines is 1. The van der Waals surface area contributed by atoms with Crippen LogP contribution in [0.15, 0.2) is 52.6 Å². The van der Waals surface area contributed by atoms with Crippen molar-refractivity contribution in [3.63, 3.8) is 0 Å². The second-order valence-electron chi connectivity index (χ2n) is 6.63. The van der Waals surface area contributed by atoms with E-state index in [2.05, 4.69) is 10.1 Å². The first-order valence-electron chi connectivity index (χ1n) is 8.91. The highest BCUT2D eigenvalue weighted by atomic mass is 35.5. The third-order valence-electron chi connectivity index (χ3n) is 4.74. The fourth-order valence-corrected chi connectivity index (χ4v) is 3.96. The molecular weight excluding hydrogens is 419 g/mol. The van der Waals surface area contributed by atoms with Crippen LogP contribution in [0.3, 0.4) is 0 Å². The number of rotatable bonds is 3. The number of amides is 1. The molecule has 1 unspecified atom stereocenters. The lowest BCUT2D eigenvalue weighted by atomic mass is 10.0. The first kappa shape index (κ1) is 19.2. The molecule has 0 bridgehead atoms. The highest BCUT2D eigenvalue weighted by Crippen LogP contribution is 2.40. The topological polar surface area (TPSA) is 48.3 Å². The first-order valence-corrected chi connectivity index (χ1v) is 10.0. The van der Waals surface area contributed by atoms with Gasteiger partial charge >= 0.3 is 0 Å². The van der Waals surface area contributed by atoms with E-state index in [0.29, 0.717) is 39.4 Å². The van der Waals surface area contributed by atoms with Gasteiger partial charge in [0.2, 0.25) is 0 Å². The lowest BCUT2D eigenvalue weighted by molar-refractivity contribution is -0.120. The molecule has 28 heavy (non-hydrogen) atoms. The molecule has 1 atom stereocenters. The number of halogens is 3. The molecule has 0 saturated carbocycles. The molecule has 0 spiro atoms. The van der Waals surface area contributed by atoms with Crippen LogP contribution >= 0.6 is 34.8 Å². The zero-order chi connectivity index (χ0) is 19.7. The van der Waals surface area contributed by atoms with Gasteiger partial charge < -0.3 is 0 Å². The second-order valence-corrected chi connectivity index (χ2v) is 7.91. The van der Waals surface area contributed by atoms with Crippen molar-refractivity contribution < 1.29 is 4.79 Å². The summed E-state index contributed by atoms with van der Waals surface area (Å²) in [4.78, 5) is 18.8. The highest BCUT2D eigenvalue weighted by Gasteiger charge is 2.35. The Hall–Kier alpha value is -2.08. The van der Waals surface area contributed by atoms with Crippen LogP contribution in [0.4, 0.5) is 5.69 Å². The Morgan fingerprint density at radius 1 is 1.04 bits per heavy atom. The molecule has 0 radical (unpaired) electrons. The minimum atomic E-state index is -0.170. The summed E-state index contributed by atoms with van der Waals surface area (Å²) >= 11 is 18.5. The molecular formula is C20H17Cl3N4O. The normalized spacial score (nSPS) is 19.1. The first-order chi connectivity index (χ1) is 13.5. The smallest absolute Gasteiger partial charge is 0.275 e. The van der Waals surface area contributed by atoms with Gasteiger partial charge in [0.05, 0.1) is 23.1 Å². The van der Waals surface area contributed by atoms with Crippen molar-refractivity contribution in [1.82, 2.24) is 4.90 Å². The van der Waals surface area contributed by atoms with Crippen LogP contribution in [-0.4, -0.2) is 35.9 Å². The average molecular weight is 436 g/mol. The van der Waals surface area contributed by atoms with Gasteiger partial charge in [-0.2, -0.15) is 5.10 Å². The van der Waals surface area contributed by atoms with Crippen LogP contribution < -0.4 is 5.01 Å². The molecule has 0 N–H and O–H groups in total. The van der Waals surface area contributed by atoms with Gasteiger partial charge in [-0.25, -0.2) is 0 Å². The minimum Gasteiger partial charge on any atom is -0.298 e. The van der Waals surface area contributed by atoms with E-state index in [1.165, 1.54) is 0 Å². The van der Waals surface area contributed by atoms with Gasteiger partial charge in [-0.05, 0) is 42.3 Å².